The molecular formula is C27H33N7O3. The van der Waals surface area contributed by atoms with Crippen LogP contribution in [0.2, 0.25) is 0 Å². The first kappa shape index (κ1) is 23.8. The molecule has 2 atom stereocenters. The third kappa shape index (κ3) is 4.22. The van der Waals surface area contributed by atoms with Crippen molar-refractivity contribution in [2.75, 3.05) is 19.6 Å². The molecule has 10 nitrogen and oxygen atoms in total. The van der Waals surface area contributed by atoms with E-state index in [1.807, 2.05) is 40.1 Å². The third-order valence-corrected chi connectivity index (χ3v) is 8.74. The zero-order valence-electron chi connectivity index (χ0n) is 20.9. The molecule has 194 valence electrons. The minimum absolute atomic E-state index is 0.00160. The van der Waals surface area contributed by atoms with Crippen LogP contribution >= 0.6 is 0 Å². The molecule has 2 saturated heterocycles. The third-order valence-electron chi connectivity index (χ3n) is 8.74. The number of aromatic nitrogens is 5. The number of hydrogen-bond donors (Lipinski definition) is 2. The minimum Gasteiger partial charge on any atom is -0.387 e. The van der Waals surface area contributed by atoms with Crippen LogP contribution in [0.1, 0.15) is 56.8 Å². The van der Waals surface area contributed by atoms with Gasteiger partial charge in [0, 0.05) is 36.7 Å². The van der Waals surface area contributed by atoms with Gasteiger partial charge in [0.25, 0.3) is 5.56 Å². The molecular weight excluding hydrogens is 470 g/mol. The van der Waals surface area contributed by atoms with Gasteiger partial charge in [-0.2, -0.15) is 5.10 Å². The summed E-state index contributed by atoms with van der Waals surface area (Å²) in [5.41, 5.74) is -0.206. The number of rotatable bonds is 4. The van der Waals surface area contributed by atoms with E-state index in [0.717, 1.165) is 49.9 Å². The van der Waals surface area contributed by atoms with E-state index in [-0.39, 0.29) is 24.2 Å². The normalized spacial score (nSPS) is 25.2. The molecule has 1 aromatic carbocycles. The highest BCUT2D eigenvalue weighted by molar-refractivity contribution is 5.75. The maximum Gasteiger partial charge on any atom is 0.320 e. The number of hydrogen-bond acceptors (Lipinski definition) is 6. The number of aliphatic hydroxyl groups is 1. The minimum atomic E-state index is -1.09. The average molecular weight is 504 g/mol. The second-order valence-corrected chi connectivity index (χ2v) is 10.8. The maximum absolute atomic E-state index is 13.7. The molecule has 1 spiro atoms. The lowest BCUT2D eigenvalue weighted by Gasteiger charge is -2.53. The Hall–Kier alpha value is -3.53. The van der Waals surface area contributed by atoms with Crippen LogP contribution in [0, 0.1) is 5.41 Å². The second-order valence-electron chi connectivity index (χ2n) is 10.8. The highest BCUT2D eigenvalue weighted by Crippen LogP contribution is 2.52. The number of benzene rings is 1. The summed E-state index contributed by atoms with van der Waals surface area (Å²) in [7, 11) is 0. The van der Waals surface area contributed by atoms with E-state index in [1.54, 1.807) is 6.33 Å². The molecule has 6 rings (SSSR count). The van der Waals surface area contributed by atoms with E-state index >= 15 is 0 Å². The quantitative estimate of drug-likeness (QED) is 0.565. The van der Waals surface area contributed by atoms with E-state index in [2.05, 4.69) is 20.2 Å². The van der Waals surface area contributed by atoms with Crippen molar-refractivity contribution < 1.29 is 9.90 Å². The molecule has 0 bridgehead atoms. The van der Waals surface area contributed by atoms with Gasteiger partial charge >= 0.3 is 6.03 Å². The van der Waals surface area contributed by atoms with Gasteiger partial charge in [-0.15, -0.1) is 0 Å². The van der Waals surface area contributed by atoms with Crippen LogP contribution in [0.15, 0.2) is 53.8 Å². The topological polar surface area (TPSA) is 120 Å². The van der Waals surface area contributed by atoms with E-state index in [1.165, 1.54) is 17.0 Å². The van der Waals surface area contributed by atoms with Crippen molar-refractivity contribution in [1.29, 1.82) is 0 Å². The number of nitrogens with zero attached hydrogens (tertiary/aromatic N) is 6. The Labute approximate surface area is 215 Å². The van der Waals surface area contributed by atoms with Crippen LogP contribution < -0.4 is 5.56 Å². The van der Waals surface area contributed by atoms with Gasteiger partial charge in [0.05, 0.1) is 30.2 Å². The second kappa shape index (κ2) is 9.41. The monoisotopic (exact) mass is 503 g/mol. The number of carbonyl (C=O) groups excluding carboxylic acids is 1. The molecule has 3 aliphatic rings. The summed E-state index contributed by atoms with van der Waals surface area (Å²) in [5, 5.41) is 19.0. The van der Waals surface area contributed by atoms with Crippen LogP contribution in [0.4, 0.5) is 4.79 Å². The van der Waals surface area contributed by atoms with Gasteiger partial charge < -0.3 is 14.9 Å². The van der Waals surface area contributed by atoms with Gasteiger partial charge in [-0.25, -0.2) is 14.8 Å². The smallest absolute Gasteiger partial charge is 0.320 e. The van der Waals surface area contributed by atoms with Gasteiger partial charge in [-0.3, -0.25) is 14.5 Å². The van der Waals surface area contributed by atoms with E-state index in [9.17, 15) is 14.7 Å². The zero-order valence-corrected chi connectivity index (χ0v) is 20.9. The van der Waals surface area contributed by atoms with Gasteiger partial charge in [0.1, 0.15) is 12.2 Å². The van der Waals surface area contributed by atoms with Crippen molar-refractivity contribution in [3.05, 3.63) is 65.2 Å². The number of aromatic amines is 1. The lowest BCUT2D eigenvalue weighted by Crippen LogP contribution is -2.63. The Balaban J connectivity index is 1.22. The molecule has 2 unspecified atom stereocenters. The van der Waals surface area contributed by atoms with Gasteiger partial charge in [-0.05, 0) is 32.1 Å². The molecule has 3 fully saturated rings. The molecule has 4 heterocycles. The molecule has 2 aliphatic heterocycles. The summed E-state index contributed by atoms with van der Waals surface area (Å²) in [5.74, 6) is 0.723. The maximum atomic E-state index is 13.7. The highest BCUT2D eigenvalue weighted by Gasteiger charge is 2.56. The molecule has 3 aromatic rings. The standard InChI is InChI=1S/C27H33N7O3/c35-23-15-21(20-7-2-1-3-8-20)29-19-33(23)17-27(37)12-14-32(16-26(27)10-4-5-11-26)25(36)34-13-6-9-22(34)24-28-18-30-31-24/h1-3,7-8,15,18-19,22,37H,4-6,9-14,16-17H2,(H,28,30,31). The summed E-state index contributed by atoms with van der Waals surface area (Å²) in [6.07, 6.45) is 8.93. The summed E-state index contributed by atoms with van der Waals surface area (Å²) < 4.78 is 1.53. The first-order chi connectivity index (χ1) is 18.0. The molecule has 10 heteroatoms. The first-order valence-electron chi connectivity index (χ1n) is 13.2. The van der Waals surface area contributed by atoms with Crippen molar-refractivity contribution in [3.63, 3.8) is 0 Å². The molecule has 2 amide bonds. The van der Waals surface area contributed by atoms with Crippen LogP contribution in [0.25, 0.3) is 11.3 Å². The molecule has 1 aliphatic carbocycles. The summed E-state index contributed by atoms with van der Waals surface area (Å²) in [6.45, 7) is 1.81. The Morgan fingerprint density at radius 1 is 1.08 bits per heavy atom. The number of urea groups is 1. The average Bonchev–Trinajstić information content (AvgIpc) is 3.70. The fraction of sp³-hybridized carbons (Fsp3) is 0.519. The highest BCUT2D eigenvalue weighted by atomic mass is 16.3. The zero-order chi connectivity index (χ0) is 25.5. The van der Waals surface area contributed by atoms with Gasteiger partial charge in [0.15, 0.2) is 0 Å². The van der Waals surface area contributed by atoms with E-state index < -0.39 is 11.0 Å². The number of H-pyrrole nitrogens is 1. The van der Waals surface area contributed by atoms with Crippen LogP contribution in [-0.2, 0) is 6.54 Å². The van der Waals surface area contributed by atoms with Gasteiger partial charge in [0.2, 0.25) is 0 Å². The number of amides is 2. The van der Waals surface area contributed by atoms with Crippen molar-refractivity contribution in [2.24, 2.45) is 5.41 Å². The number of nitrogens with one attached hydrogen (secondary N) is 1. The van der Waals surface area contributed by atoms with E-state index in [4.69, 9.17) is 0 Å². The van der Waals surface area contributed by atoms with Crippen molar-refractivity contribution in [2.45, 2.75) is 63.1 Å². The Bertz CT molecular complexity index is 1300. The Morgan fingerprint density at radius 3 is 2.62 bits per heavy atom. The fourth-order valence-electron chi connectivity index (χ4n) is 6.69. The van der Waals surface area contributed by atoms with Crippen LogP contribution in [-0.4, -0.2) is 70.9 Å². The predicted molar refractivity (Wildman–Crippen MR) is 136 cm³/mol. The number of piperidine rings is 1. The molecule has 2 N–H and O–H groups in total. The predicted octanol–water partition coefficient (Wildman–Crippen LogP) is 2.98. The van der Waals surface area contributed by atoms with Crippen LogP contribution in [0.3, 0.4) is 0 Å². The summed E-state index contributed by atoms with van der Waals surface area (Å²) in [6, 6.07) is 11.0. The largest absolute Gasteiger partial charge is 0.387 e. The van der Waals surface area contributed by atoms with Crippen LogP contribution in [0.5, 0.6) is 0 Å². The Kier molecular flexibility index (Phi) is 6.06. The molecule has 1 saturated carbocycles. The van der Waals surface area contributed by atoms with Crippen molar-refractivity contribution >= 4 is 6.03 Å². The number of likely N-dealkylation sites (tertiary alicyclic amines) is 2. The Morgan fingerprint density at radius 2 is 1.89 bits per heavy atom. The molecule has 2 aromatic heterocycles. The van der Waals surface area contributed by atoms with E-state index in [0.29, 0.717) is 31.7 Å². The van der Waals surface area contributed by atoms with Gasteiger partial charge in [-0.1, -0.05) is 43.2 Å². The summed E-state index contributed by atoms with van der Waals surface area (Å²) in [4.78, 5) is 39.4. The lowest BCUT2D eigenvalue weighted by molar-refractivity contribution is -0.136. The molecule has 0 radical (unpaired) electrons. The van der Waals surface area contributed by atoms with Crippen molar-refractivity contribution in [3.8, 4) is 11.3 Å². The van der Waals surface area contributed by atoms with Crippen molar-refractivity contribution in [1.82, 2.24) is 34.5 Å². The first-order valence-corrected chi connectivity index (χ1v) is 13.2. The lowest BCUT2D eigenvalue weighted by atomic mass is 9.66. The summed E-state index contributed by atoms with van der Waals surface area (Å²) >= 11 is 0. The molecule has 37 heavy (non-hydrogen) atoms. The SMILES string of the molecule is O=C(N1CCC(O)(Cn2cnc(-c3ccccc3)cc2=O)C2(CCCC2)C1)N1CCCC1c1ncn[nH]1. The number of carbonyl (C=O) groups is 1. The fourth-order valence-corrected chi connectivity index (χ4v) is 6.69.